The van der Waals surface area contributed by atoms with Gasteiger partial charge in [0.2, 0.25) is 5.91 Å². The van der Waals surface area contributed by atoms with E-state index in [0.717, 1.165) is 56.1 Å². The van der Waals surface area contributed by atoms with Gasteiger partial charge in [-0.1, -0.05) is 24.3 Å². The summed E-state index contributed by atoms with van der Waals surface area (Å²) in [4.78, 5) is 23.6. The molecule has 2 aliphatic rings. The van der Waals surface area contributed by atoms with E-state index in [9.17, 15) is 4.79 Å². The van der Waals surface area contributed by atoms with Gasteiger partial charge in [-0.2, -0.15) is 0 Å². The lowest BCUT2D eigenvalue weighted by atomic mass is 9.92. The lowest BCUT2D eigenvalue weighted by Crippen LogP contribution is -2.38. The van der Waals surface area contributed by atoms with Gasteiger partial charge in [0.1, 0.15) is 11.6 Å². The van der Waals surface area contributed by atoms with Gasteiger partial charge in [0.05, 0.1) is 0 Å². The fourth-order valence-corrected chi connectivity index (χ4v) is 3.96. The van der Waals surface area contributed by atoms with Crippen molar-refractivity contribution in [1.82, 2.24) is 14.9 Å². The van der Waals surface area contributed by atoms with Gasteiger partial charge in [0.15, 0.2) is 0 Å². The number of hydrogen-bond donors (Lipinski definition) is 1. The third kappa shape index (κ3) is 4.54. The fourth-order valence-electron chi connectivity index (χ4n) is 3.96. The zero-order valence-corrected chi connectivity index (χ0v) is 15.6. The zero-order chi connectivity index (χ0) is 18.5. The Morgan fingerprint density at radius 3 is 2.67 bits per heavy atom. The van der Waals surface area contributed by atoms with Gasteiger partial charge in [-0.25, -0.2) is 9.97 Å². The van der Waals surface area contributed by atoms with Crippen LogP contribution < -0.4 is 5.32 Å². The number of nitrogens with zero attached hydrogens (tertiary/aromatic N) is 3. The molecule has 3 heterocycles. The first kappa shape index (κ1) is 17.7. The van der Waals surface area contributed by atoms with E-state index in [-0.39, 0.29) is 0 Å². The van der Waals surface area contributed by atoms with Crippen LogP contribution in [0.25, 0.3) is 0 Å². The largest absolute Gasteiger partial charge is 0.343 e. The molecule has 1 N–H and O–H groups in total. The zero-order valence-electron chi connectivity index (χ0n) is 15.6. The number of aromatic nitrogens is 2. The van der Waals surface area contributed by atoms with Crippen molar-refractivity contribution in [3.8, 4) is 0 Å². The molecule has 1 atom stereocenters. The van der Waals surface area contributed by atoms with Crippen LogP contribution in [-0.2, 0) is 4.79 Å². The second-order valence-electron chi connectivity index (χ2n) is 7.41. The SMILES string of the molecule is O=C(CC1C=CCC1)N1CCC(c2cccc(Nc3ccccn3)n2)CC1. The molecular weight excluding hydrogens is 336 g/mol. The van der Waals surface area contributed by atoms with Crippen LogP contribution in [0.2, 0.25) is 0 Å². The molecule has 1 saturated heterocycles. The second kappa shape index (κ2) is 8.33. The predicted octanol–water partition coefficient (Wildman–Crippen LogP) is 4.28. The summed E-state index contributed by atoms with van der Waals surface area (Å²) in [6.45, 7) is 1.67. The molecule has 5 heteroatoms. The summed E-state index contributed by atoms with van der Waals surface area (Å²) in [6, 6.07) is 11.9. The number of anilines is 2. The van der Waals surface area contributed by atoms with Gasteiger partial charge in [-0.15, -0.1) is 0 Å². The van der Waals surface area contributed by atoms with Crippen molar-refractivity contribution >= 4 is 17.5 Å². The summed E-state index contributed by atoms with van der Waals surface area (Å²) in [5, 5.41) is 3.26. The van der Waals surface area contributed by atoms with E-state index < -0.39 is 0 Å². The number of pyridine rings is 2. The summed E-state index contributed by atoms with van der Waals surface area (Å²) in [7, 11) is 0. The van der Waals surface area contributed by atoms with Crippen LogP contribution in [0.5, 0.6) is 0 Å². The Labute approximate surface area is 160 Å². The van der Waals surface area contributed by atoms with E-state index >= 15 is 0 Å². The van der Waals surface area contributed by atoms with Crippen LogP contribution in [0.15, 0.2) is 54.7 Å². The highest BCUT2D eigenvalue weighted by Gasteiger charge is 2.26. The number of carbonyl (C=O) groups excluding carboxylic acids is 1. The molecule has 1 aliphatic carbocycles. The minimum absolute atomic E-state index is 0.309. The van der Waals surface area contributed by atoms with E-state index in [1.165, 1.54) is 0 Å². The van der Waals surface area contributed by atoms with Crippen molar-refractivity contribution in [2.75, 3.05) is 18.4 Å². The molecule has 0 bridgehead atoms. The first-order valence-electron chi connectivity index (χ1n) is 9.87. The minimum atomic E-state index is 0.309. The van der Waals surface area contributed by atoms with E-state index in [2.05, 4.69) is 28.5 Å². The lowest BCUT2D eigenvalue weighted by Gasteiger charge is -2.32. The molecule has 5 nitrogen and oxygen atoms in total. The van der Waals surface area contributed by atoms with Crippen molar-refractivity contribution in [2.24, 2.45) is 5.92 Å². The number of nitrogens with one attached hydrogen (secondary N) is 1. The Hall–Kier alpha value is -2.69. The Morgan fingerprint density at radius 2 is 1.93 bits per heavy atom. The van der Waals surface area contributed by atoms with E-state index in [1.54, 1.807) is 6.20 Å². The lowest BCUT2D eigenvalue weighted by molar-refractivity contribution is -0.132. The highest BCUT2D eigenvalue weighted by atomic mass is 16.2. The highest BCUT2D eigenvalue weighted by molar-refractivity contribution is 5.76. The molecule has 1 unspecified atom stereocenters. The molecule has 140 valence electrons. The average Bonchev–Trinajstić information content (AvgIpc) is 3.22. The van der Waals surface area contributed by atoms with Crippen LogP contribution in [0, 0.1) is 5.92 Å². The molecule has 1 amide bonds. The van der Waals surface area contributed by atoms with Crippen molar-refractivity contribution in [1.29, 1.82) is 0 Å². The third-order valence-corrected chi connectivity index (χ3v) is 5.51. The van der Waals surface area contributed by atoms with Crippen molar-refractivity contribution in [3.05, 3.63) is 60.4 Å². The second-order valence-corrected chi connectivity index (χ2v) is 7.41. The Bertz CT molecular complexity index is 797. The Morgan fingerprint density at radius 1 is 1.07 bits per heavy atom. The van der Waals surface area contributed by atoms with Gasteiger partial charge in [0, 0.05) is 37.3 Å². The fraction of sp³-hybridized carbons (Fsp3) is 0.409. The molecule has 2 aromatic heterocycles. The number of rotatable bonds is 5. The Balaban J connectivity index is 1.33. The number of piperidine rings is 1. The maximum Gasteiger partial charge on any atom is 0.223 e. The first-order chi connectivity index (χ1) is 13.3. The number of carbonyl (C=O) groups is 1. The minimum Gasteiger partial charge on any atom is -0.343 e. The van der Waals surface area contributed by atoms with E-state index in [0.29, 0.717) is 24.2 Å². The molecule has 1 aliphatic heterocycles. The van der Waals surface area contributed by atoms with Crippen LogP contribution in [0.4, 0.5) is 11.6 Å². The number of allylic oxidation sites excluding steroid dienone is 2. The highest BCUT2D eigenvalue weighted by Crippen LogP contribution is 2.29. The monoisotopic (exact) mass is 362 g/mol. The number of hydrogen-bond acceptors (Lipinski definition) is 4. The number of likely N-dealkylation sites (tertiary alicyclic amines) is 1. The Kier molecular flexibility index (Phi) is 5.47. The normalized spacial score (nSPS) is 20.0. The molecule has 0 aromatic carbocycles. The van der Waals surface area contributed by atoms with Gasteiger partial charge >= 0.3 is 0 Å². The third-order valence-electron chi connectivity index (χ3n) is 5.51. The topological polar surface area (TPSA) is 58.1 Å². The first-order valence-corrected chi connectivity index (χ1v) is 9.87. The molecule has 0 radical (unpaired) electrons. The van der Waals surface area contributed by atoms with E-state index in [4.69, 9.17) is 4.98 Å². The average molecular weight is 362 g/mol. The van der Waals surface area contributed by atoms with Gasteiger partial charge in [-0.3, -0.25) is 4.79 Å². The number of amides is 1. The summed E-state index contributed by atoms with van der Waals surface area (Å²) in [5.41, 5.74) is 1.10. The van der Waals surface area contributed by atoms with Crippen molar-refractivity contribution in [2.45, 2.75) is 38.0 Å². The van der Waals surface area contributed by atoms with Crippen molar-refractivity contribution < 1.29 is 4.79 Å². The van der Waals surface area contributed by atoms with Crippen molar-refractivity contribution in [3.63, 3.8) is 0 Å². The predicted molar refractivity (Wildman–Crippen MR) is 107 cm³/mol. The molecule has 27 heavy (non-hydrogen) atoms. The smallest absolute Gasteiger partial charge is 0.223 e. The van der Waals surface area contributed by atoms with Crippen LogP contribution >= 0.6 is 0 Å². The van der Waals surface area contributed by atoms with Crippen LogP contribution in [0.1, 0.15) is 43.7 Å². The molecular formula is C22H26N4O. The summed E-state index contributed by atoms with van der Waals surface area (Å²) < 4.78 is 0. The van der Waals surface area contributed by atoms with E-state index in [1.807, 2.05) is 35.2 Å². The molecule has 2 aromatic rings. The van der Waals surface area contributed by atoms with Gasteiger partial charge < -0.3 is 10.2 Å². The maximum absolute atomic E-state index is 12.5. The molecule has 0 saturated carbocycles. The molecule has 4 rings (SSSR count). The standard InChI is InChI=1S/C22H26N4O/c27-22(16-17-6-1-2-7-17)26-14-11-18(12-15-26)19-8-5-10-21(24-19)25-20-9-3-4-13-23-20/h1,3-6,8-10,13,17-18H,2,7,11-12,14-16H2,(H,23,24,25). The quantitative estimate of drug-likeness (QED) is 0.807. The molecule has 1 fully saturated rings. The maximum atomic E-state index is 12.5. The molecule has 0 spiro atoms. The van der Waals surface area contributed by atoms with Crippen LogP contribution in [-0.4, -0.2) is 33.9 Å². The summed E-state index contributed by atoms with van der Waals surface area (Å²) >= 11 is 0. The van der Waals surface area contributed by atoms with Gasteiger partial charge in [0.25, 0.3) is 0 Å². The van der Waals surface area contributed by atoms with Gasteiger partial charge in [-0.05, 0) is 55.9 Å². The van der Waals surface area contributed by atoms with Crippen LogP contribution in [0.3, 0.4) is 0 Å². The summed E-state index contributed by atoms with van der Waals surface area (Å²) in [5.74, 6) is 2.78. The summed E-state index contributed by atoms with van der Waals surface area (Å²) in [6.07, 6.45) is 11.0.